The fourth-order valence-corrected chi connectivity index (χ4v) is 2.49. The van der Waals surface area contributed by atoms with Gasteiger partial charge >= 0.3 is 0 Å². The largest absolute Gasteiger partial charge is 0.469 e. The SMILES string of the molecule is Fc1cc(F)c(F)c(NC2CCCc3occc32)c1. The number of anilines is 1. The number of rotatable bonds is 2. The molecule has 2 aromatic rings. The summed E-state index contributed by atoms with van der Waals surface area (Å²) < 4.78 is 45.2. The third-order valence-electron chi connectivity index (χ3n) is 3.37. The number of hydrogen-bond acceptors (Lipinski definition) is 2. The van der Waals surface area contributed by atoms with E-state index in [1.165, 1.54) is 0 Å². The molecule has 1 aromatic carbocycles. The summed E-state index contributed by atoms with van der Waals surface area (Å²) in [6.07, 6.45) is 4.06. The van der Waals surface area contributed by atoms with E-state index in [9.17, 15) is 13.2 Å². The van der Waals surface area contributed by atoms with Crippen LogP contribution in [0.5, 0.6) is 0 Å². The van der Waals surface area contributed by atoms with E-state index in [0.29, 0.717) is 6.07 Å². The van der Waals surface area contributed by atoms with Crippen molar-refractivity contribution in [3.8, 4) is 0 Å². The lowest BCUT2D eigenvalue weighted by molar-refractivity contribution is 0.458. The predicted molar refractivity (Wildman–Crippen MR) is 64.3 cm³/mol. The Morgan fingerprint density at radius 3 is 2.89 bits per heavy atom. The molecule has 0 fully saturated rings. The van der Waals surface area contributed by atoms with Gasteiger partial charge in [-0.15, -0.1) is 0 Å². The van der Waals surface area contributed by atoms with Gasteiger partial charge < -0.3 is 9.73 Å². The second-order valence-electron chi connectivity index (χ2n) is 4.64. The van der Waals surface area contributed by atoms with Gasteiger partial charge in [-0.3, -0.25) is 0 Å². The Kier molecular flexibility index (Phi) is 2.97. The van der Waals surface area contributed by atoms with Crippen LogP contribution in [-0.2, 0) is 6.42 Å². The van der Waals surface area contributed by atoms with Crippen LogP contribution in [0.2, 0.25) is 0 Å². The molecule has 1 atom stereocenters. The van der Waals surface area contributed by atoms with E-state index >= 15 is 0 Å². The lowest BCUT2D eigenvalue weighted by Crippen LogP contribution is -2.17. The molecule has 19 heavy (non-hydrogen) atoms. The van der Waals surface area contributed by atoms with Crippen LogP contribution in [0, 0.1) is 17.5 Å². The van der Waals surface area contributed by atoms with E-state index < -0.39 is 17.5 Å². The van der Waals surface area contributed by atoms with Gasteiger partial charge in [-0.05, 0) is 18.9 Å². The second-order valence-corrected chi connectivity index (χ2v) is 4.64. The van der Waals surface area contributed by atoms with Gasteiger partial charge in [0.1, 0.15) is 11.6 Å². The van der Waals surface area contributed by atoms with Crippen LogP contribution in [-0.4, -0.2) is 0 Å². The number of furan rings is 1. The van der Waals surface area contributed by atoms with E-state index in [-0.39, 0.29) is 11.7 Å². The second kappa shape index (κ2) is 4.64. The summed E-state index contributed by atoms with van der Waals surface area (Å²) in [4.78, 5) is 0. The van der Waals surface area contributed by atoms with Gasteiger partial charge in [0.2, 0.25) is 0 Å². The van der Waals surface area contributed by atoms with Crippen molar-refractivity contribution in [2.24, 2.45) is 0 Å². The average molecular weight is 267 g/mol. The first-order valence-electron chi connectivity index (χ1n) is 6.12. The highest BCUT2D eigenvalue weighted by Gasteiger charge is 2.24. The summed E-state index contributed by atoms with van der Waals surface area (Å²) in [6.45, 7) is 0. The molecule has 3 rings (SSSR count). The van der Waals surface area contributed by atoms with Gasteiger partial charge in [0.15, 0.2) is 11.6 Å². The summed E-state index contributed by atoms with van der Waals surface area (Å²) in [5.74, 6) is -2.20. The molecule has 0 bridgehead atoms. The molecular weight excluding hydrogens is 255 g/mol. The van der Waals surface area contributed by atoms with Crippen molar-refractivity contribution in [2.45, 2.75) is 25.3 Å². The van der Waals surface area contributed by atoms with Crippen molar-refractivity contribution < 1.29 is 17.6 Å². The van der Waals surface area contributed by atoms with Gasteiger partial charge in [0.25, 0.3) is 0 Å². The van der Waals surface area contributed by atoms with Gasteiger partial charge in [0.05, 0.1) is 18.0 Å². The molecule has 0 aliphatic heterocycles. The average Bonchev–Trinajstić information content (AvgIpc) is 2.84. The zero-order valence-corrected chi connectivity index (χ0v) is 10.1. The molecule has 0 radical (unpaired) electrons. The number of benzene rings is 1. The van der Waals surface area contributed by atoms with Gasteiger partial charge in [-0.1, -0.05) is 0 Å². The summed E-state index contributed by atoms with van der Waals surface area (Å²) in [6, 6.07) is 3.12. The smallest absolute Gasteiger partial charge is 0.182 e. The topological polar surface area (TPSA) is 25.2 Å². The van der Waals surface area contributed by atoms with Crippen molar-refractivity contribution in [1.29, 1.82) is 0 Å². The summed E-state index contributed by atoms with van der Waals surface area (Å²) >= 11 is 0. The number of aryl methyl sites for hydroxylation is 1. The van der Waals surface area contributed by atoms with Crippen molar-refractivity contribution in [2.75, 3.05) is 5.32 Å². The molecule has 1 aliphatic rings. The van der Waals surface area contributed by atoms with Crippen LogP contribution < -0.4 is 5.32 Å². The zero-order chi connectivity index (χ0) is 13.4. The molecule has 0 saturated carbocycles. The fourth-order valence-electron chi connectivity index (χ4n) is 2.49. The summed E-state index contributed by atoms with van der Waals surface area (Å²) in [5.41, 5.74) is 0.770. The highest BCUT2D eigenvalue weighted by molar-refractivity contribution is 5.48. The lowest BCUT2D eigenvalue weighted by atomic mass is 9.93. The summed E-state index contributed by atoms with van der Waals surface area (Å²) in [7, 11) is 0. The fraction of sp³-hybridized carbons (Fsp3) is 0.286. The highest BCUT2D eigenvalue weighted by Crippen LogP contribution is 2.34. The van der Waals surface area contributed by atoms with Crippen LogP contribution in [0.15, 0.2) is 28.9 Å². The maximum atomic E-state index is 13.6. The monoisotopic (exact) mass is 267 g/mol. The minimum Gasteiger partial charge on any atom is -0.469 e. The van der Waals surface area contributed by atoms with Gasteiger partial charge in [-0.2, -0.15) is 0 Å². The maximum absolute atomic E-state index is 13.6. The van der Waals surface area contributed by atoms with E-state index in [1.54, 1.807) is 12.3 Å². The molecule has 1 unspecified atom stereocenters. The van der Waals surface area contributed by atoms with Crippen LogP contribution in [0.1, 0.15) is 30.2 Å². The van der Waals surface area contributed by atoms with E-state index in [1.807, 2.05) is 0 Å². The molecule has 1 heterocycles. The van der Waals surface area contributed by atoms with E-state index in [0.717, 1.165) is 36.7 Å². The Morgan fingerprint density at radius 1 is 1.21 bits per heavy atom. The third-order valence-corrected chi connectivity index (χ3v) is 3.37. The Morgan fingerprint density at radius 2 is 2.05 bits per heavy atom. The zero-order valence-electron chi connectivity index (χ0n) is 10.1. The quantitative estimate of drug-likeness (QED) is 0.825. The summed E-state index contributed by atoms with van der Waals surface area (Å²) in [5, 5.41) is 2.86. The first-order valence-corrected chi connectivity index (χ1v) is 6.12. The first-order chi connectivity index (χ1) is 9.15. The minimum absolute atomic E-state index is 0.156. The Hall–Kier alpha value is -1.91. The highest BCUT2D eigenvalue weighted by atomic mass is 19.2. The maximum Gasteiger partial charge on any atom is 0.182 e. The molecule has 1 aromatic heterocycles. The number of halogens is 3. The lowest BCUT2D eigenvalue weighted by Gasteiger charge is -2.24. The van der Waals surface area contributed by atoms with Crippen molar-refractivity contribution in [3.63, 3.8) is 0 Å². The molecule has 1 N–H and O–H groups in total. The van der Waals surface area contributed by atoms with Gasteiger partial charge in [-0.25, -0.2) is 13.2 Å². The van der Waals surface area contributed by atoms with Crippen LogP contribution in [0.25, 0.3) is 0 Å². The number of nitrogens with one attached hydrogen (secondary N) is 1. The van der Waals surface area contributed by atoms with E-state index in [2.05, 4.69) is 5.32 Å². The van der Waals surface area contributed by atoms with Gasteiger partial charge in [0, 0.05) is 24.1 Å². The number of fused-ring (bicyclic) bond motifs is 1. The molecule has 0 spiro atoms. The standard InChI is InChI=1S/C14H12F3NO/c15-8-6-10(16)14(17)12(7-8)18-11-2-1-3-13-9(11)4-5-19-13/h4-7,11,18H,1-3H2. The molecule has 1 aliphatic carbocycles. The molecule has 5 heteroatoms. The van der Waals surface area contributed by atoms with Crippen LogP contribution >= 0.6 is 0 Å². The van der Waals surface area contributed by atoms with Crippen molar-refractivity contribution in [3.05, 3.63) is 53.2 Å². The predicted octanol–water partition coefficient (Wildman–Crippen LogP) is 4.19. The normalized spacial score (nSPS) is 18.2. The Bertz CT molecular complexity index is 609. The molecule has 0 amide bonds. The molecule has 2 nitrogen and oxygen atoms in total. The van der Waals surface area contributed by atoms with Crippen molar-refractivity contribution >= 4 is 5.69 Å². The Balaban J connectivity index is 1.91. The van der Waals surface area contributed by atoms with E-state index in [4.69, 9.17) is 4.42 Å². The minimum atomic E-state index is -1.19. The van der Waals surface area contributed by atoms with Crippen LogP contribution in [0.3, 0.4) is 0 Å². The number of hydrogen-bond donors (Lipinski definition) is 1. The van der Waals surface area contributed by atoms with Crippen LogP contribution in [0.4, 0.5) is 18.9 Å². The molecule has 100 valence electrons. The Labute approximate surface area is 108 Å². The third kappa shape index (κ3) is 2.20. The molecule has 0 saturated heterocycles. The first kappa shape index (κ1) is 12.1. The molecular formula is C14H12F3NO. The van der Waals surface area contributed by atoms with Crippen molar-refractivity contribution in [1.82, 2.24) is 0 Å².